The molecule has 0 saturated carbocycles. The molecule has 1 saturated heterocycles. The monoisotopic (exact) mass is 247 g/mol. The van der Waals surface area contributed by atoms with E-state index >= 15 is 0 Å². The minimum Gasteiger partial charge on any atom is -0.274 e. The molecule has 5 nitrogen and oxygen atoms in total. The number of rotatable bonds is 1. The van der Waals surface area contributed by atoms with E-state index in [1.165, 1.54) is 24.3 Å². The zero-order valence-electron chi connectivity index (χ0n) is 9.47. The van der Waals surface area contributed by atoms with Gasteiger partial charge in [0.15, 0.2) is 5.54 Å². The van der Waals surface area contributed by atoms with Gasteiger partial charge in [-0.25, -0.2) is 9.29 Å². The molecule has 6 heteroatoms. The summed E-state index contributed by atoms with van der Waals surface area (Å²) in [6, 6.07) is 5.26. The Morgan fingerprint density at radius 2 is 1.94 bits per heavy atom. The Labute approximate surface area is 102 Å². The van der Waals surface area contributed by atoms with Crippen LogP contribution in [0.4, 0.5) is 10.1 Å². The summed E-state index contributed by atoms with van der Waals surface area (Å²) < 4.78 is 12.8. The van der Waals surface area contributed by atoms with Crippen molar-refractivity contribution in [2.45, 2.75) is 18.4 Å². The second kappa shape index (κ2) is 3.69. The lowest BCUT2D eigenvalue weighted by molar-refractivity contribution is -0.122. The molecule has 2 aliphatic heterocycles. The molecule has 1 aromatic rings. The summed E-state index contributed by atoms with van der Waals surface area (Å²) in [7, 11) is 0. The average molecular weight is 247 g/mol. The Kier molecular flexibility index (Phi) is 2.26. The van der Waals surface area contributed by atoms with E-state index in [1.807, 2.05) is 0 Å². The van der Waals surface area contributed by atoms with Gasteiger partial charge in [-0.2, -0.15) is 10.2 Å². The number of hydrogen-bond donors (Lipinski definition) is 0. The summed E-state index contributed by atoms with van der Waals surface area (Å²) in [5.74, 6) is -1.08. The lowest BCUT2D eigenvalue weighted by Crippen LogP contribution is -2.38. The van der Waals surface area contributed by atoms with Crippen molar-refractivity contribution in [3.05, 3.63) is 30.1 Å². The fraction of sp³-hybridized carbons (Fsp3) is 0.333. The van der Waals surface area contributed by atoms with Crippen molar-refractivity contribution in [1.82, 2.24) is 0 Å². The Hall–Kier alpha value is -2.11. The Bertz CT molecular complexity index is 555. The maximum absolute atomic E-state index is 12.8. The van der Waals surface area contributed by atoms with Crippen LogP contribution in [0.15, 0.2) is 34.5 Å². The minimum absolute atomic E-state index is 0.0483. The van der Waals surface area contributed by atoms with Gasteiger partial charge in [0.2, 0.25) is 5.91 Å². The molecule has 92 valence electrons. The maximum Gasteiger partial charge on any atom is 0.264 e. The van der Waals surface area contributed by atoms with Crippen molar-refractivity contribution in [2.75, 3.05) is 11.4 Å². The number of hydrogen-bond acceptors (Lipinski definition) is 4. The predicted octanol–water partition coefficient (Wildman–Crippen LogP) is 1.68. The van der Waals surface area contributed by atoms with Crippen molar-refractivity contribution < 1.29 is 14.0 Å². The summed E-state index contributed by atoms with van der Waals surface area (Å²) in [6.45, 7) is 0.469. The zero-order chi connectivity index (χ0) is 12.8. The van der Waals surface area contributed by atoms with Crippen LogP contribution < -0.4 is 4.90 Å². The molecule has 1 aromatic carbocycles. The number of carbonyl (C=O) groups is 2. The number of amides is 2. The van der Waals surface area contributed by atoms with Crippen molar-refractivity contribution in [1.29, 1.82) is 0 Å². The lowest BCUT2D eigenvalue weighted by Gasteiger charge is -2.17. The van der Waals surface area contributed by atoms with Crippen LogP contribution in [-0.4, -0.2) is 23.9 Å². The number of imide groups is 1. The first-order chi connectivity index (χ1) is 8.62. The molecule has 1 fully saturated rings. The van der Waals surface area contributed by atoms with E-state index in [0.717, 1.165) is 4.90 Å². The van der Waals surface area contributed by atoms with Crippen LogP contribution in [0.25, 0.3) is 0 Å². The highest BCUT2D eigenvalue weighted by molar-refractivity contribution is 6.24. The number of nitrogens with zero attached hydrogens (tertiary/aromatic N) is 3. The molecule has 3 rings (SSSR count). The molecule has 1 spiro atoms. The minimum atomic E-state index is -1.01. The predicted molar refractivity (Wildman–Crippen MR) is 60.6 cm³/mol. The molecule has 0 radical (unpaired) electrons. The zero-order valence-corrected chi connectivity index (χ0v) is 9.47. The van der Waals surface area contributed by atoms with Crippen molar-refractivity contribution in [2.24, 2.45) is 10.2 Å². The van der Waals surface area contributed by atoms with Crippen LogP contribution in [0.5, 0.6) is 0 Å². The molecule has 0 aromatic heterocycles. The van der Waals surface area contributed by atoms with Crippen LogP contribution in [0, 0.1) is 5.82 Å². The van der Waals surface area contributed by atoms with Gasteiger partial charge in [-0.15, -0.1) is 0 Å². The Balaban J connectivity index is 1.98. The molecule has 0 aliphatic carbocycles. The fourth-order valence-electron chi connectivity index (χ4n) is 2.32. The van der Waals surface area contributed by atoms with Crippen molar-refractivity contribution in [3.63, 3.8) is 0 Å². The topological polar surface area (TPSA) is 62.1 Å². The highest BCUT2D eigenvalue weighted by Gasteiger charge is 2.54. The standard InChI is InChI=1S/C12H10FN3O2/c13-8-1-3-9(4-2-8)16-10(17)7-12(11(16)18)5-6-14-15-12/h1-4H,5-7H2. The van der Waals surface area contributed by atoms with Crippen molar-refractivity contribution in [3.8, 4) is 0 Å². The number of carbonyl (C=O) groups excluding carboxylic acids is 2. The van der Waals surface area contributed by atoms with Gasteiger partial charge in [-0.1, -0.05) is 0 Å². The van der Waals surface area contributed by atoms with Gasteiger partial charge < -0.3 is 0 Å². The molecule has 2 aliphatic rings. The second-order valence-electron chi connectivity index (χ2n) is 4.43. The average Bonchev–Trinajstić information content (AvgIpc) is 2.89. The van der Waals surface area contributed by atoms with E-state index in [1.54, 1.807) is 0 Å². The first kappa shape index (κ1) is 11.0. The largest absolute Gasteiger partial charge is 0.274 e. The van der Waals surface area contributed by atoms with Crippen LogP contribution in [0.3, 0.4) is 0 Å². The van der Waals surface area contributed by atoms with E-state index in [4.69, 9.17) is 0 Å². The van der Waals surface area contributed by atoms with Gasteiger partial charge in [0.1, 0.15) is 5.82 Å². The first-order valence-electron chi connectivity index (χ1n) is 5.64. The van der Waals surface area contributed by atoms with Gasteiger partial charge in [0, 0.05) is 6.42 Å². The van der Waals surface area contributed by atoms with E-state index < -0.39 is 11.4 Å². The third kappa shape index (κ3) is 1.45. The molecule has 0 N–H and O–H groups in total. The number of anilines is 1. The molecular weight excluding hydrogens is 237 g/mol. The van der Waals surface area contributed by atoms with E-state index in [9.17, 15) is 14.0 Å². The molecule has 2 amide bonds. The van der Waals surface area contributed by atoms with Crippen molar-refractivity contribution >= 4 is 17.5 Å². The van der Waals surface area contributed by atoms with E-state index in [2.05, 4.69) is 10.2 Å². The molecule has 18 heavy (non-hydrogen) atoms. The summed E-state index contributed by atoms with van der Waals surface area (Å²) in [6.07, 6.45) is 0.516. The van der Waals surface area contributed by atoms with Crippen LogP contribution >= 0.6 is 0 Å². The molecule has 0 bridgehead atoms. The van der Waals surface area contributed by atoms with Crippen LogP contribution in [-0.2, 0) is 9.59 Å². The molecule has 2 heterocycles. The normalized spacial score (nSPS) is 26.6. The number of benzene rings is 1. The molecule has 1 atom stereocenters. The summed E-state index contributed by atoms with van der Waals surface area (Å²) in [5.41, 5.74) is -0.628. The SMILES string of the molecule is O=C1CC2(CCN=N2)C(=O)N1c1ccc(F)cc1. The van der Waals surface area contributed by atoms with Gasteiger partial charge in [0.05, 0.1) is 18.7 Å². The molecule has 1 unspecified atom stereocenters. The van der Waals surface area contributed by atoms with Crippen LogP contribution in [0.1, 0.15) is 12.8 Å². The fourth-order valence-corrected chi connectivity index (χ4v) is 2.32. The number of azo groups is 1. The van der Waals surface area contributed by atoms with E-state index in [0.29, 0.717) is 18.7 Å². The Morgan fingerprint density at radius 3 is 2.56 bits per heavy atom. The first-order valence-corrected chi connectivity index (χ1v) is 5.64. The quantitative estimate of drug-likeness (QED) is 0.709. The highest BCUT2D eigenvalue weighted by Crippen LogP contribution is 2.37. The summed E-state index contributed by atoms with van der Waals surface area (Å²) >= 11 is 0. The number of halogens is 1. The second-order valence-corrected chi connectivity index (χ2v) is 4.43. The smallest absolute Gasteiger partial charge is 0.264 e. The third-order valence-electron chi connectivity index (χ3n) is 3.27. The summed E-state index contributed by atoms with van der Waals surface area (Å²) in [4.78, 5) is 25.3. The lowest BCUT2D eigenvalue weighted by atomic mass is 9.96. The summed E-state index contributed by atoms with van der Waals surface area (Å²) in [5, 5.41) is 7.74. The highest BCUT2D eigenvalue weighted by atomic mass is 19.1. The van der Waals surface area contributed by atoms with Gasteiger partial charge in [0.25, 0.3) is 5.91 Å². The van der Waals surface area contributed by atoms with Gasteiger partial charge >= 0.3 is 0 Å². The molecular formula is C12H10FN3O2. The van der Waals surface area contributed by atoms with Crippen LogP contribution in [0.2, 0.25) is 0 Å². The maximum atomic E-state index is 12.8. The van der Waals surface area contributed by atoms with E-state index in [-0.39, 0.29) is 18.2 Å². The van der Waals surface area contributed by atoms with Gasteiger partial charge in [-0.05, 0) is 24.3 Å². The third-order valence-corrected chi connectivity index (χ3v) is 3.27. The van der Waals surface area contributed by atoms with Gasteiger partial charge in [-0.3, -0.25) is 9.59 Å². The Morgan fingerprint density at radius 1 is 1.22 bits per heavy atom.